The molecule has 7 heteroatoms. The van der Waals surface area contributed by atoms with Gasteiger partial charge < -0.3 is 19.3 Å². The van der Waals surface area contributed by atoms with Crippen molar-refractivity contribution in [2.45, 2.75) is 38.7 Å². The third-order valence-corrected chi connectivity index (χ3v) is 3.53. The molecule has 0 saturated heterocycles. The van der Waals surface area contributed by atoms with Crippen molar-refractivity contribution >= 4 is 7.82 Å². The normalized spacial score (nSPS) is 13.0. The van der Waals surface area contributed by atoms with E-state index >= 15 is 0 Å². The van der Waals surface area contributed by atoms with Crippen LogP contribution in [0.5, 0.6) is 5.75 Å². The molecule has 0 bridgehead atoms. The van der Waals surface area contributed by atoms with E-state index in [0.29, 0.717) is 19.6 Å². The van der Waals surface area contributed by atoms with Crippen LogP contribution in [0, 0.1) is 0 Å². The second-order valence-corrected chi connectivity index (χ2v) is 6.14. The number of rotatable bonds is 12. The Labute approximate surface area is 131 Å². The Morgan fingerprint density at radius 2 is 1.86 bits per heavy atom. The first-order valence-electron chi connectivity index (χ1n) is 7.51. The summed E-state index contributed by atoms with van der Waals surface area (Å²) in [6, 6.07) is 9.38. The molecule has 0 fully saturated rings. The van der Waals surface area contributed by atoms with Crippen LogP contribution >= 0.6 is 7.82 Å². The third kappa shape index (κ3) is 9.92. The van der Waals surface area contributed by atoms with Gasteiger partial charge in [-0.1, -0.05) is 44.4 Å². The smallest absolute Gasteiger partial charge is 0.469 e. The van der Waals surface area contributed by atoms with Gasteiger partial charge in [0, 0.05) is 0 Å². The van der Waals surface area contributed by atoms with E-state index in [2.05, 4.69) is 6.92 Å². The molecule has 0 radical (unpaired) electrons. The van der Waals surface area contributed by atoms with Crippen molar-refractivity contribution in [3.63, 3.8) is 0 Å². The van der Waals surface area contributed by atoms with Crippen molar-refractivity contribution in [1.82, 2.24) is 0 Å². The third-order valence-electron chi connectivity index (χ3n) is 2.96. The highest BCUT2D eigenvalue weighted by atomic mass is 31.2. The average molecular weight is 332 g/mol. The number of phosphoric ester groups is 1. The lowest BCUT2D eigenvalue weighted by molar-refractivity contribution is 0.0182. The highest BCUT2D eigenvalue weighted by Gasteiger charge is 2.22. The van der Waals surface area contributed by atoms with E-state index in [1.807, 2.05) is 30.3 Å². The van der Waals surface area contributed by atoms with Gasteiger partial charge in [-0.25, -0.2) is 4.57 Å². The molecule has 1 aromatic rings. The molecule has 1 aromatic carbocycles. The first-order valence-corrected chi connectivity index (χ1v) is 9.04. The predicted molar refractivity (Wildman–Crippen MR) is 83.8 cm³/mol. The molecule has 0 saturated carbocycles. The van der Waals surface area contributed by atoms with E-state index in [1.54, 1.807) is 0 Å². The topological polar surface area (TPSA) is 85.2 Å². The summed E-state index contributed by atoms with van der Waals surface area (Å²) in [5.74, 6) is 0.761. The lowest BCUT2D eigenvalue weighted by Gasteiger charge is -2.18. The summed E-state index contributed by atoms with van der Waals surface area (Å²) in [7, 11) is -4.49. The van der Waals surface area contributed by atoms with E-state index < -0.39 is 13.9 Å². The van der Waals surface area contributed by atoms with Crippen molar-refractivity contribution in [1.29, 1.82) is 0 Å². The van der Waals surface area contributed by atoms with Gasteiger partial charge in [0.25, 0.3) is 0 Å². The van der Waals surface area contributed by atoms with Gasteiger partial charge in [-0.05, 0) is 18.6 Å². The summed E-state index contributed by atoms with van der Waals surface area (Å²) in [5.41, 5.74) is 0. The molecule has 0 heterocycles. The average Bonchev–Trinajstić information content (AvgIpc) is 2.46. The van der Waals surface area contributed by atoms with Crippen molar-refractivity contribution in [3.05, 3.63) is 30.3 Å². The Kier molecular flexibility index (Phi) is 9.36. The molecule has 1 unspecified atom stereocenters. The van der Waals surface area contributed by atoms with Crippen LogP contribution in [0.15, 0.2) is 30.3 Å². The maximum atomic E-state index is 10.9. The first kappa shape index (κ1) is 19.1. The number of ether oxygens (including phenoxy) is 2. The van der Waals surface area contributed by atoms with Gasteiger partial charge in [0.1, 0.15) is 12.4 Å². The SMILES string of the molecule is CCCCCC(COCCOc1ccccc1)OP(=O)(O)O. The summed E-state index contributed by atoms with van der Waals surface area (Å²) >= 11 is 0. The standard InChI is InChI=1S/C15H25O6P/c1-2-3-5-10-15(21-22(16,17)18)13-19-11-12-20-14-8-6-4-7-9-14/h4,6-9,15H,2-3,5,10-13H2,1H3,(H2,16,17,18). The van der Waals surface area contributed by atoms with Gasteiger partial charge in [0.15, 0.2) is 0 Å². The zero-order valence-electron chi connectivity index (χ0n) is 12.9. The fourth-order valence-electron chi connectivity index (χ4n) is 1.93. The number of hydrogen-bond donors (Lipinski definition) is 2. The number of hydrogen-bond acceptors (Lipinski definition) is 4. The number of unbranched alkanes of at least 4 members (excludes halogenated alkanes) is 2. The van der Waals surface area contributed by atoms with Crippen molar-refractivity contribution < 1.29 is 28.3 Å². The summed E-state index contributed by atoms with van der Waals surface area (Å²) in [6.07, 6.45) is 2.86. The molecule has 6 nitrogen and oxygen atoms in total. The maximum absolute atomic E-state index is 10.9. The quantitative estimate of drug-likeness (QED) is 0.452. The molecular weight excluding hydrogens is 307 g/mol. The van der Waals surface area contributed by atoms with Gasteiger partial charge >= 0.3 is 7.82 Å². The number of benzene rings is 1. The minimum Gasteiger partial charge on any atom is -0.491 e. The molecular formula is C15H25O6P. The van der Waals surface area contributed by atoms with E-state index in [-0.39, 0.29) is 6.61 Å². The predicted octanol–water partition coefficient (Wildman–Crippen LogP) is 3.14. The summed E-state index contributed by atoms with van der Waals surface area (Å²) in [6.45, 7) is 2.93. The molecule has 0 aromatic heterocycles. The minimum atomic E-state index is -4.49. The molecule has 0 amide bonds. The lowest BCUT2D eigenvalue weighted by atomic mass is 10.1. The minimum absolute atomic E-state index is 0.146. The fourth-order valence-corrected chi connectivity index (χ4v) is 2.49. The van der Waals surface area contributed by atoms with Crippen LogP contribution in [0.3, 0.4) is 0 Å². The van der Waals surface area contributed by atoms with Crippen LogP contribution in [0.25, 0.3) is 0 Å². The highest BCUT2D eigenvalue weighted by molar-refractivity contribution is 7.46. The Morgan fingerprint density at radius 1 is 1.14 bits per heavy atom. The number of phosphoric acid groups is 1. The number of para-hydroxylation sites is 1. The summed E-state index contributed by atoms with van der Waals surface area (Å²) in [4.78, 5) is 17.8. The monoisotopic (exact) mass is 332 g/mol. The Morgan fingerprint density at radius 3 is 2.50 bits per heavy atom. The van der Waals surface area contributed by atoms with Crippen LogP contribution in [0.2, 0.25) is 0 Å². The van der Waals surface area contributed by atoms with Crippen molar-refractivity contribution in [2.75, 3.05) is 19.8 Å². The Balaban J connectivity index is 2.22. The molecule has 0 aliphatic heterocycles. The zero-order chi connectivity index (χ0) is 16.3. The van der Waals surface area contributed by atoms with E-state index in [1.165, 1.54) is 0 Å². The first-order chi connectivity index (χ1) is 10.5. The lowest BCUT2D eigenvalue weighted by Crippen LogP contribution is -2.20. The van der Waals surface area contributed by atoms with Gasteiger partial charge in [-0.15, -0.1) is 0 Å². The molecule has 126 valence electrons. The van der Waals surface area contributed by atoms with Gasteiger partial charge in [-0.2, -0.15) is 0 Å². The molecule has 0 spiro atoms. The van der Waals surface area contributed by atoms with Gasteiger partial charge in [0.2, 0.25) is 0 Å². The maximum Gasteiger partial charge on any atom is 0.469 e. The van der Waals surface area contributed by atoms with Crippen LogP contribution in [-0.4, -0.2) is 35.7 Å². The molecule has 2 N–H and O–H groups in total. The highest BCUT2D eigenvalue weighted by Crippen LogP contribution is 2.38. The Bertz CT molecular complexity index is 433. The van der Waals surface area contributed by atoms with E-state index in [9.17, 15) is 4.57 Å². The van der Waals surface area contributed by atoms with E-state index in [4.69, 9.17) is 23.8 Å². The van der Waals surface area contributed by atoms with Gasteiger partial charge in [0.05, 0.1) is 19.3 Å². The van der Waals surface area contributed by atoms with Crippen molar-refractivity contribution in [3.8, 4) is 5.75 Å². The summed E-state index contributed by atoms with van der Waals surface area (Å²) < 4.78 is 26.6. The van der Waals surface area contributed by atoms with Crippen LogP contribution in [-0.2, 0) is 13.8 Å². The van der Waals surface area contributed by atoms with Crippen LogP contribution in [0.1, 0.15) is 32.6 Å². The molecule has 1 rings (SSSR count). The molecule has 22 heavy (non-hydrogen) atoms. The summed E-state index contributed by atoms with van der Waals surface area (Å²) in [5, 5.41) is 0. The van der Waals surface area contributed by atoms with Gasteiger partial charge in [-0.3, -0.25) is 4.52 Å². The largest absolute Gasteiger partial charge is 0.491 e. The van der Waals surface area contributed by atoms with E-state index in [0.717, 1.165) is 25.0 Å². The molecule has 0 aliphatic carbocycles. The second-order valence-electron chi connectivity index (χ2n) is 4.95. The molecule has 0 aliphatic rings. The second kappa shape index (κ2) is 10.8. The zero-order valence-corrected chi connectivity index (χ0v) is 13.8. The fraction of sp³-hybridized carbons (Fsp3) is 0.600. The van der Waals surface area contributed by atoms with Crippen LogP contribution in [0.4, 0.5) is 0 Å². The molecule has 1 atom stereocenters. The van der Waals surface area contributed by atoms with Crippen molar-refractivity contribution in [2.24, 2.45) is 0 Å². The van der Waals surface area contributed by atoms with Crippen LogP contribution < -0.4 is 4.74 Å². The Hall–Kier alpha value is -0.910.